The average Bonchev–Trinajstić information content (AvgIpc) is 3.10. The number of benzene rings is 1. The lowest BCUT2D eigenvalue weighted by Crippen LogP contribution is -2.36. The summed E-state index contributed by atoms with van der Waals surface area (Å²) in [6.45, 7) is 1.49. The average molecular weight is 384 g/mol. The van der Waals surface area contributed by atoms with Crippen LogP contribution in [-0.2, 0) is 14.8 Å². The summed E-state index contributed by atoms with van der Waals surface area (Å²) in [7, 11) is -3.27. The summed E-state index contributed by atoms with van der Waals surface area (Å²) in [5, 5.41) is 7.95. The lowest BCUT2D eigenvalue weighted by atomic mass is 10.2. The molecule has 1 fully saturated rings. The van der Waals surface area contributed by atoms with Crippen molar-refractivity contribution in [1.29, 1.82) is 0 Å². The number of anilines is 1. The minimum atomic E-state index is -3.27. The highest BCUT2D eigenvalue weighted by Crippen LogP contribution is 2.12. The Kier molecular flexibility index (Phi) is 7.37. The molecule has 1 saturated heterocycles. The maximum atomic E-state index is 12.1. The van der Waals surface area contributed by atoms with E-state index in [-0.39, 0.29) is 25.1 Å². The number of carbonyl (C=O) groups excluding carboxylic acids is 2. The van der Waals surface area contributed by atoms with Crippen LogP contribution in [0.2, 0.25) is 0 Å². The lowest BCUT2D eigenvalue weighted by Gasteiger charge is -2.11. The molecule has 1 aromatic carbocycles. The van der Waals surface area contributed by atoms with E-state index in [0.29, 0.717) is 17.8 Å². The summed E-state index contributed by atoms with van der Waals surface area (Å²) in [6, 6.07) is 6.01. The summed E-state index contributed by atoms with van der Waals surface area (Å²) >= 11 is 0. The third-order valence-electron chi connectivity index (χ3n) is 3.69. The van der Waals surface area contributed by atoms with E-state index < -0.39 is 16.1 Å². The van der Waals surface area contributed by atoms with E-state index in [1.807, 2.05) is 0 Å². The van der Waals surface area contributed by atoms with Crippen molar-refractivity contribution in [3.8, 4) is 0 Å². The van der Waals surface area contributed by atoms with Crippen molar-refractivity contribution in [2.24, 2.45) is 0 Å². The fourth-order valence-electron chi connectivity index (χ4n) is 2.41. The molecule has 1 atom stereocenters. The van der Waals surface area contributed by atoms with Gasteiger partial charge >= 0.3 is 6.03 Å². The van der Waals surface area contributed by atoms with Crippen LogP contribution in [0.3, 0.4) is 0 Å². The highest BCUT2D eigenvalue weighted by molar-refractivity contribution is 7.88. The Hall–Kier alpha value is -2.17. The molecule has 0 aliphatic carbocycles. The fourth-order valence-corrected chi connectivity index (χ4v) is 2.88. The van der Waals surface area contributed by atoms with Gasteiger partial charge in [0.25, 0.3) is 5.91 Å². The Morgan fingerprint density at radius 3 is 2.50 bits per heavy atom. The van der Waals surface area contributed by atoms with Gasteiger partial charge in [0.1, 0.15) is 0 Å². The zero-order chi connectivity index (χ0) is 19.0. The van der Waals surface area contributed by atoms with Crippen molar-refractivity contribution < 1.29 is 22.7 Å². The first-order chi connectivity index (χ1) is 12.3. The number of amides is 3. The molecule has 9 nitrogen and oxygen atoms in total. The first-order valence-corrected chi connectivity index (χ1v) is 10.2. The van der Waals surface area contributed by atoms with Crippen LogP contribution in [0.5, 0.6) is 0 Å². The highest BCUT2D eigenvalue weighted by atomic mass is 32.2. The molecule has 2 rings (SSSR count). The zero-order valence-electron chi connectivity index (χ0n) is 14.6. The van der Waals surface area contributed by atoms with Gasteiger partial charge < -0.3 is 20.7 Å². The number of rotatable bonds is 8. The molecule has 1 heterocycles. The van der Waals surface area contributed by atoms with E-state index in [9.17, 15) is 18.0 Å². The molecule has 0 bridgehead atoms. The maximum Gasteiger partial charge on any atom is 0.319 e. The van der Waals surface area contributed by atoms with Gasteiger partial charge in [0.2, 0.25) is 10.0 Å². The molecule has 0 radical (unpaired) electrons. The van der Waals surface area contributed by atoms with Gasteiger partial charge in [0.15, 0.2) is 0 Å². The van der Waals surface area contributed by atoms with E-state index in [4.69, 9.17) is 4.74 Å². The van der Waals surface area contributed by atoms with Crippen LogP contribution >= 0.6 is 0 Å². The standard InChI is InChI=1S/C16H24N4O5S/c1-26(23,24)19-9-8-17-16(22)20-13-6-4-12(5-7-13)15(21)18-11-14-3-2-10-25-14/h4-7,14,19H,2-3,8-11H2,1H3,(H,18,21)(H2,17,20,22)/t14-/m1/s1. The second kappa shape index (κ2) is 9.51. The summed E-state index contributed by atoms with van der Waals surface area (Å²) in [6.07, 6.45) is 3.11. The second-order valence-electron chi connectivity index (χ2n) is 5.97. The number of carbonyl (C=O) groups is 2. The van der Waals surface area contributed by atoms with Crippen LogP contribution in [-0.4, -0.2) is 59.0 Å². The molecule has 1 aliphatic heterocycles. The largest absolute Gasteiger partial charge is 0.376 e. The Balaban J connectivity index is 1.72. The van der Waals surface area contributed by atoms with E-state index >= 15 is 0 Å². The highest BCUT2D eigenvalue weighted by Gasteiger charge is 2.16. The summed E-state index contributed by atoms with van der Waals surface area (Å²) in [4.78, 5) is 23.8. The molecular weight excluding hydrogens is 360 g/mol. The molecule has 144 valence electrons. The van der Waals surface area contributed by atoms with Gasteiger partial charge in [-0.2, -0.15) is 0 Å². The number of hydrogen-bond donors (Lipinski definition) is 4. The number of hydrogen-bond acceptors (Lipinski definition) is 5. The molecule has 3 amide bonds. The molecule has 26 heavy (non-hydrogen) atoms. The Bertz CT molecular complexity index is 715. The molecule has 0 aromatic heterocycles. The predicted molar refractivity (Wildman–Crippen MR) is 97.6 cm³/mol. The summed E-state index contributed by atoms with van der Waals surface area (Å²) in [5.41, 5.74) is 1.01. The topological polar surface area (TPSA) is 126 Å². The van der Waals surface area contributed by atoms with E-state index in [2.05, 4.69) is 20.7 Å². The van der Waals surface area contributed by atoms with Gasteiger partial charge in [-0.25, -0.2) is 17.9 Å². The maximum absolute atomic E-state index is 12.1. The molecule has 0 unspecified atom stereocenters. The van der Waals surface area contributed by atoms with Crippen LogP contribution in [0.1, 0.15) is 23.2 Å². The van der Waals surface area contributed by atoms with Gasteiger partial charge in [-0.1, -0.05) is 0 Å². The van der Waals surface area contributed by atoms with E-state index in [1.54, 1.807) is 24.3 Å². The van der Waals surface area contributed by atoms with Crippen LogP contribution in [0.4, 0.5) is 10.5 Å². The van der Waals surface area contributed by atoms with Crippen molar-refractivity contribution in [2.45, 2.75) is 18.9 Å². The van der Waals surface area contributed by atoms with E-state index in [0.717, 1.165) is 25.7 Å². The fraction of sp³-hybridized carbons (Fsp3) is 0.500. The molecule has 1 aliphatic rings. The van der Waals surface area contributed by atoms with Crippen molar-refractivity contribution >= 4 is 27.6 Å². The van der Waals surface area contributed by atoms with Crippen LogP contribution < -0.4 is 20.7 Å². The third kappa shape index (κ3) is 7.38. The second-order valence-corrected chi connectivity index (χ2v) is 7.80. The zero-order valence-corrected chi connectivity index (χ0v) is 15.4. The van der Waals surface area contributed by atoms with Crippen molar-refractivity contribution in [3.05, 3.63) is 29.8 Å². The molecular formula is C16H24N4O5S. The lowest BCUT2D eigenvalue weighted by molar-refractivity contribution is 0.0858. The van der Waals surface area contributed by atoms with Crippen molar-refractivity contribution in [1.82, 2.24) is 15.4 Å². The number of urea groups is 1. The molecule has 1 aromatic rings. The Morgan fingerprint density at radius 1 is 1.15 bits per heavy atom. The van der Waals surface area contributed by atoms with Crippen LogP contribution in [0.15, 0.2) is 24.3 Å². The molecule has 4 N–H and O–H groups in total. The summed E-state index contributed by atoms with van der Waals surface area (Å²) < 4.78 is 29.5. The minimum Gasteiger partial charge on any atom is -0.376 e. The van der Waals surface area contributed by atoms with Gasteiger partial charge in [-0.15, -0.1) is 0 Å². The Morgan fingerprint density at radius 2 is 1.88 bits per heavy atom. The molecule has 0 spiro atoms. The number of sulfonamides is 1. The van der Waals surface area contributed by atoms with Gasteiger partial charge in [0.05, 0.1) is 12.4 Å². The third-order valence-corrected chi connectivity index (χ3v) is 4.42. The van der Waals surface area contributed by atoms with Crippen LogP contribution in [0.25, 0.3) is 0 Å². The normalized spacial score (nSPS) is 16.9. The van der Waals surface area contributed by atoms with Crippen molar-refractivity contribution in [2.75, 3.05) is 37.8 Å². The monoisotopic (exact) mass is 384 g/mol. The van der Waals surface area contributed by atoms with Crippen LogP contribution in [0, 0.1) is 0 Å². The smallest absolute Gasteiger partial charge is 0.319 e. The van der Waals surface area contributed by atoms with Gasteiger partial charge in [-0.3, -0.25) is 4.79 Å². The number of nitrogens with one attached hydrogen (secondary N) is 4. The Labute approximate surface area is 152 Å². The first kappa shape index (κ1) is 20.1. The van der Waals surface area contributed by atoms with Gasteiger partial charge in [-0.05, 0) is 37.1 Å². The first-order valence-electron chi connectivity index (χ1n) is 8.33. The van der Waals surface area contributed by atoms with Crippen molar-refractivity contribution in [3.63, 3.8) is 0 Å². The molecule has 10 heteroatoms. The minimum absolute atomic E-state index is 0.0840. The number of ether oxygens (including phenoxy) is 1. The quantitative estimate of drug-likeness (QED) is 0.479. The van der Waals surface area contributed by atoms with Gasteiger partial charge in [0, 0.05) is 37.5 Å². The van der Waals surface area contributed by atoms with E-state index in [1.165, 1.54) is 0 Å². The SMILES string of the molecule is CS(=O)(=O)NCCNC(=O)Nc1ccc(C(=O)NC[C@H]2CCCO2)cc1. The predicted octanol–water partition coefficient (Wildman–Crippen LogP) is 0.266. The summed E-state index contributed by atoms with van der Waals surface area (Å²) in [5.74, 6) is -0.191. The molecule has 0 saturated carbocycles.